The van der Waals surface area contributed by atoms with Crippen molar-refractivity contribution in [2.75, 3.05) is 5.73 Å². The molecule has 0 aromatic heterocycles. The number of anilines is 1. The van der Waals surface area contributed by atoms with Crippen LogP contribution < -0.4 is 11.1 Å². The van der Waals surface area contributed by atoms with Crippen molar-refractivity contribution in [1.82, 2.24) is 5.32 Å². The molecule has 112 valence electrons. The number of rotatable bonds is 2. The highest BCUT2D eigenvalue weighted by Gasteiger charge is 2.48. The zero-order valence-corrected chi connectivity index (χ0v) is 13.6. The van der Waals surface area contributed by atoms with Gasteiger partial charge in [0.2, 0.25) is 0 Å². The monoisotopic (exact) mass is 348 g/mol. The van der Waals surface area contributed by atoms with Crippen LogP contribution in [0.2, 0.25) is 0 Å². The van der Waals surface area contributed by atoms with Gasteiger partial charge in [-0.2, -0.15) is 0 Å². The molecule has 0 unspecified atom stereocenters. The van der Waals surface area contributed by atoms with Crippen LogP contribution in [0, 0.1) is 23.7 Å². The Bertz CT molecular complexity index is 558. The first-order chi connectivity index (χ1) is 10.1. The van der Waals surface area contributed by atoms with Gasteiger partial charge in [-0.1, -0.05) is 0 Å². The summed E-state index contributed by atoms with van der Waals surface area (Å²) in [6.45, 7) is 0. The summed E-state index contributed by atoms with van der Waals surface area (Å²) >= 11 is 3.46. The maximum absolute atomic E-state index is 12.6. The molecule has 4 saturated carbocycles. The lowest BCUT2D eigenvalue weighted by molar-refractivity contribution is -0.0119. The molecule has 5 rings (SSSR count). The van der Waals surface area contributed by atoms with E-state index in [1.54, 1.807) is 6.07 Å². The number of hydrogen-bond acceptors (Lipinski definition) is 2. The van der Waals surface area contributed by atoms with E-state index >= 15 is 0 Å². The van der Waals surface area contributed by atoms with Crippen molar-refractivity contribution in [3.63, 3.8) is 0 Å². The van der Waals surface area contributed by atoms with Crippen LogP contribution in [0.15, 0.2) is 22.7 Å². The van der Waals surface area contributed by atoms with Gasteiger partial charge in [0.05, 0.1) is 5.56 Å². The fourth-order valence-electron chi connectivity index (χ4n) is 5.11. The maximum atomic E-state index is 12.6. The Labute approximate surface area is 133 Å². The molecule has 1 aromatic carbocycles. The van der Waals surface area contributed by atoms with E-state index < -0.39 is 0 Å². The van der Waals surface area contributed by atoms with Crippen LogP contribution in [-0.2, 0) is 0 Å². The second-order valence-electron chi connectivity index (χ2n) is 7.17. The van der Waals surface area contributed by atoms with Crippen molar-refractivity contribution < 1.29 is 4.79 Å². The number of amides is 1. The molecular weight excluding hydrogens is 328 g/mol. The first-order valence-corrected chi connectivity index (χ1v) is 8.75. The topological polar surface area (TPSA) is 55.1 Å². The number of nitrogens with two attached hydrogens (primary N) is 1. The number of carbonyl (C=O) groups is 1. The van der Waals surface area contributed by atoms with Crippen LogP contribution in [0.25, 0.3) is 0 Å². The lowest BCUT2D eigenvalue weighted by atomic mass is 9.54. The Morgan fingerprint density at radius 1 is 1.10 bits per heavy atom. The van der Waals surface area contributed by atoms with Crippen molar-refractivity contribution in [2.45, 2.75) is 38.1 Å². The van der Waals surface area contributed by atoms with Crippen molar-refractivity contribution >= 4 is 27.5 Å². The summed E-state index contributed by atoms with van der Waals surface area (Å²) in [5.41, 5.74) is 7.10. The van der Waals surface area contributed by atoms with Crippen LogP contribution in [0.5, 0.6) is 0 Å². The van der Waals surface area contributed by atoms with Crippen LogP contribution in [0.3, 0.4) is 0 Å². The zero-order valence-electron chi connectivity index (χ0n) is 12.0. The SMILES string of the molecule is Nc1ccc(Br)c(C(=O)NC2C3CC4CC(C3)CC2C4)c1. The third kappa shape index (κ3) is 2.37. The molecule has 4 aliphatic rings. The summed E-state index contributed by atoms with van der Waals surface area (Å²) < 4.78 is 0.818. The predicted octanol–water partition coefficient (Wildman–Crippen LogP) is 3.59. The van der Waals surface area contributed by atoms with E-state index in [-0.39, 0.29) is 5.91 Å². The minimum absolute atomic E-state index is 0.0200. The number of carbonyl (C=O) groups excluding carboxylic acids is 1. The van der Waals surface area contributed by atoms with Crippen LogP contribution in [0.4, 0.5) is 5.69 Å². The molecule has 0 spiro atoms. The fraction of sp³-hybridized carbons (Fsp3) is 0.588. The maximum Gasteiger partial charge on any atom is 0.252 e. The van der Waals surface area contributed by atoms with Gasteiger partial charge in [-0.15, -0.1) is 0 Å². The molecule has 4 heteroatoms. The van der Waals surface area contributed by atoms with E-state index in [9.17, 15) is 4.79 Å². The van der Waals surface area contributed by atoms with Crippen molar-refractivity contribution in [1.29, 1.82) is 0 Å². The first-order valence-electron chi connectivity index (χ1n) is 7.96. The highest BCUT2D eigenvalue weighted by atomic mass is 79.9. The molecule has 4 aliphatic carbocycles. The second-order valence-corrected chi connectivity index (χ2v) is 8.02. The summed E-state index contributed by atoms with van der Waals surface area (Å²) in [6.07, 6.45) is 6.70. The molecule has 21 heavy (non-hydrogen) atoms. The number of benzene rings is 1. The summed E-state index contributed by atoms with van der Waals surface area (Å²) in [6, 6.07) is 5.79. The van der Waals surface area contributed by atoms with Gasteiger partial charge in [-0.25, -0.2) is 0 Å². The summed E-state index contributed by atoms with van der Waals surface area (Å²) in [4.78, 5) is 12.6. The Kier molecular flexibility index (Phi) is 3.25. The summed E-state index contributed by atoms with van der Waals surface area (Å²) in [7, 11) is 0. The van der Waals surface area contributed by atoms with Crippen LogP contribution in [0.1, 0.15) is 42.5 Å². The average Bonchev–Trinajstić information content (AvgIpc) is 2.44. The van der Waals surface area contributed by atoms with E-state index in [0.29, 0.717) is 29.1 Å². The van der Waals surface area contributed by atoms with Gasteiger partial charge in [0.25, 0.3) is 5.91 Å². The predicted molar refractivity (Wildman–Crippen MR) is 86.9 cm³/mol. The average molecular weight is 349 g/mol. The van der Waals surface area contributed by atoms with Gasteiger partial charge in [-0.05, 0) is 89.9 Å². The van der Waals surface area contributed by atoms with Crippen LogP contribution in [-0.4, -0.2) is 11.9 Å². The normalized spacial score (nSPS) is 36.7. The lowest BCUT2D eigenvalue weighted by Crippen LogP contribution is -2.55. The quantitative estimate of drug-likeness (QED) is 0.802. The number of hydrogen-bond donors (Lipinski definition) is 2. The van der Waals surface area contributed by atoms with Crippen molar-refractivity contribution in [3.05, 3.63) is 28.2 Å². The lowest BCUT2D eigenvalue weighted by Gasteiger charge is -2.54. The first kappa shape index (κ1) is 13.6. The number of nitrogen functional groups attached to an aromatic ring is 1. The largest absolute Gasteiger partial charge is 0.399 e. The Morgan fingerprint density at radius 2 is 1.71 bits per heavy atom. The zero-order chi connectivity index (χ0) is 14.6. The molecule has 4 fully saturated rings. The molecule has 0 heterocycles. The van der Waals surface area contributed by atoms with Gasteiger partial charge < -0.3 is 11.1 Å². The number of nitrogens with one attached hydrogen (secondary N) is 1. The van der Waals surface area contributed by atoms with Crippen molar-refractivity contribution in [3.8, 4) is 0 Å². The van der Waals surface area contributed by atoms with E-state index in [1.807, 2.05) is 12.1 Å². The highest BCUT2D eigenvalue weighted by Crippen LogP contribution is 2.53. The molecule has 3 N–H and O–H groups in total. The Morgan fingerprint density at radius 3 is 2.33 bits per heavy atom. The van der Waals surface area contributed by atoms with E-state index in [1.165, 1.54) is 32.1 Å². The van der Waals surface area contributed by atoms with Crippen molar-refractivity contribution in [2.24, 2.45) is 23.7 Å². The van der Waals surface area contributed by atoms with E-state index in [4.69, 9.17) is 5.73 Å². The number of halogens is 1. The highest BCUT2D eigenvalue weighted by molar-refractivity contribution is 9.10. The fourth-order valence-corrected chi connectivity index (χ4v) is 5.53. The van der Waals surface area contributed by atoms with Gasteiger partial charge in [0, 0.05) is 16.2 Å². The Hall–Kier alpha value is -1.03. The molecule has 1 amide bonds. The van der Waals surface area contributed by atoms with Gasteiger partial charge in [0.15, 0.2) is 0 Å². The molecule has 1 aromatic rings. The summed E-state index contributed by atoms with van der Waals surface area (Å²) in [5, 5.41) is 3.32. The minimum Gasteiger partial charge on any atom is -0.399 e. The molecule has 0 radical (unpaired) electrons. The molecule has 0 atom stereocenters. The van der Waals surface area contributed by atoms with Gasteiger partial charge in [0.1, 0.15) is 0 Å². The van der Waals surface area contributed by atoms with Gasteiger partial charge >= 0.3 is 0 Å². The third-order valence-corrected chi connectivity index (χ3v) is 6.45. The smallest absolute Gasteiger partial charge is 0.252 e. The second kappa shape index (κ2) is 5.01. The van der Waals surface area contributed by atoms with Gasteiger partial charge in [-0.3, -0.25) is 4.79 Å². The third-order valence-electron chi connectivity index (χ3n) is 5.76. The molecule has 0 saturated heterocycles. The van der Waals surface area contributed by atoms with Crippen LogP contribution >= 0.6 is 15.9 Å². The minimum atomic E-state index is 0.0200. The molecule has 3 nitrogen and oxygen atoms in total. The van der Waals surface area contributed by atoms with E-state index in [2.05, 4.69) is 21.2 Å². The molecular formula is C17H21BrN2O. The Balaban J connectivity index is 1.53. The standard InChI is InChI=1S/C17H21BrN2O/c18-15-2-1-13(19)8-14(15)17(21)20-16-11-4-9-3-10(6-11)7-12(16)5-9/h1-2,8-12,16H,3-7,19H2,(H,20,21). The molecule has 0 aliphatic heterocycles. The van der Waals surface area contributed by atoms with E-state index in [0.717, 1.165) is 16.3 Å². The summed E-state index contributed by atoms with van der Waals surface area (Å²) in [5.74, 6) is 3.28. The molecule has 4 bridgehead atoms.